The van der Waals surface area contributed by atoms with Gasteiger partial charge in [-0.05, 0) is 18.6 Å². The SMILES string of the molecule is C#CC1CCN1c1cccc(F)c1F. The molecular formula is C11H9F2N. The van der Waals surface area contributed by atoms with Crippen molar-refractivity contribution in [3.05, 3.63) is 29.8 Å². The second-order valence-electron chi connectivity index (χ2n) is 3.24. The fourth-order valence-corrected chi connectivity index (χ4v) is 1.56. The number of hydrogen-bond donors (Lipinski definition) is 0. The van der Waals surface area contributed by atoms with Crippen LogP contribution in [0, 0.1) is 24.0 Å². The summed E-state index contributed by atoms with van der Waals surface area (Å²) >= 11 is 0. The Morgan fingerprint density at radius 1 is 1.43 bits per heavy atom. The maximum absolute atomic E-state index is 13.3. The largest absolute Gasteiger partial charge is 0.355 e. The molecule has 1 atom stereocenters. The number of nitrogens with zero attached hydrogens (tertiary/aromatic N) is 1. The molecule has 0 spiro atoms. The van der Waals surface area contributed by atoms with Crippen LogP contribution < -0.4 is 4.90 Å². The molecule has 1 nitrogen and oxygen atoms in total. The number of hydrogen-bond acceptors (Lipinski definition) is 1. The van der Waals surface area contributed by atoms with Gasteiger partial charge >= 0.3 is 0 Å². The quantitative estimate of drug-likeness (QED) is 0.618. The predicted molar refractivity (Wildman–Crippen MR) is 50.9 cm³/mol. The standard InChI is InChI=1S/C11H9F2N/c1-2-8-6-7-14(8)10-5-3-4-9(12)11(10)13/h1,3-5,8H,6-7H2. The van der Waals surface area contributed by atoms with Crippen molar-refractivity contribution < 1.29 is 8.78 Å². The van der Waals surface area contributed by atoms with E-state index in [-0.39, 0.29) is 11.7 Å². The Labute approximate surface area is 81.3 Å². The normalized spacial score (nSPS) is 20.1. The summed E-state index contributed by atoms with van der Waals surface area (Å²) in [6.45, 7) is 0.690. The molecule has 1 unspecified atom stereocenters. The van der Waals surface area contributed by atoms with Crippen molar-refractivity contribution >= 4 is 5.69 Å². The number of rotatable bonds is 1. The maximum Gasteiger partial charge on any atom is 0.182 e. The Kier molecular flexibility index (Phi) is 2.12. The van der Waals surface area contributed by atoms with Crippen molar-refractivity contribution in [2.24, 2.45) is 0 Å². The molecule has 0 aliphatic carbocycles. The molecule has 14 heavy (non-hydrogen) atoms. The highest BCUT2D eigenvalue weighted by Crippen LogP contribution is 2.29. The Balaban J connectivity index is 2.34. The molecule has 1 aliphatic heterocycles. The van der Waals surface area contributed by atoms with Crippen molar-refractivity contribution in [2.45, 2.75) is 12.5 Å². The zero-order valence-electron chi connectivity index (χ0n) is 7.50. The van der Waals surface area contributed by atoms with E-state index in [1.165, 1.54) is 6.07 Å². The van der Waals surface area contributed by atoms with E-state index in [1.807, 2.05) is 0 Å². The molecule has 2 rings (SSSR count). The molecule has 0 saturated carbocycles. The van der Waals surface area contributed by atoms with Crippen molar-refractivity contribution in [2.75, 3.05) is 11.4 Å². The zero-order valence-corrected chi connectivity index (χ0v) is 7.50. The summed E-state index contributed by atoms with van der Waals surface area (Å²) in [5.41, 5.74) is 0.263. The molecular weight excluding hydrogens is 184 g/mol. The second-order valence-corrected chi connectivity index (χ2v) is 3.24. The first-order chi connectivity index (χ1) is 6.74. The summed E-state index contributed by atoms with van der Waals surface area (Å²) in [7, 11) is 0. The van der Waals surface area contributed by atoms with Gasteiger partial charge in [-0.25, -0.2) is 8.78 Å². The Morgan fingerprint density at radius 2 is 2.21 bits per heavy atom. The van der Waals surface area contributed by atoms with Crippen LogP contribution in [0.15, 0.2) is 18.2 Å². The smallest absolute Gasteiger partial charge is 0.182 e. The summed E-state index contributed by atoms with van der Waals surface area (Å²) < 4.78 is 26.2. The molecule has 72 valence electrons. The Morgan fingerprint density at radius 3 is 2.79 bits per heavy atom. The maximum atomic E-state index is 13.3. The number of terminal acetylenes is 1. The molecule has 0 aromatic heterocycles. The van der Waals surface area contributed by atoms with Gasteiger partial charge in [0.25, 0.3) is 0 Å². The van der Waals surface area contributed by atoms with Gasteiger partial charge in [-0.2, -0.15) is 0 Å². The second kappa shape index (κ2) is 3.30. The molecule has 0 radical (unpaired) electrons. The van der Waals surface area contributed by atoms with Gasteiger partial charge in [0, 0.05) is 6.54 Å². The van der Waals surface area contributed by atoms with Gasteiger partial charge in [0.2, 0.25) is 0 Å². The zero-order chi connectivity index (χ0) is 10.1. The third kappa shape index (κ3) is 1.24. The molecule has 0 bridgehead atoms. The highest BCUT2D eigenvalue weighted by atomic mass is 19.2. The lowest BCUT2D eigenvalue weighted by Gasteiger charge is -2.39. The van der Waals surface area contributed by atoms with E-state index >= 15 is 0 Å². The van der Waals surface area contributed by atoms with Crippen LogP contribution in [0.25, 0.3) is 0 Å². The molecule has 1 aliphatic rings. The highest BCUT2D eigenvalue weighted by Gasteiger charge is 2.28. The van der Waals surface area contributed by atoms with Gasteiger partial charge in [0.05, 0.1) is 11.7 Å². The molecule has 0 amide bonds. The van der Waals surface area contributed by atoms with Crippen LogP contribution >= 0.6 is 0 Å². The number of anilines is 1. The molecule has 1 saturated heterocycles. The number of benzene rings is 1. The fourth-order valence-electron chi connectivity index (χ4n) is 1.56. The van der Waals surface area contributed by atoms with E-state index in [0.717, 1.165) is 12.5 Å². The minimum atomic E-state index is -0.829. The van der Waals surface area contributed by atoms with E-state index in [4.69, 9.17) is 6.42 Å². The molecule has 1 fully saturated rings. The molecule has 3 heteroatoms. The van der Waals surface area contributed by atoms with E-state index < -0.39 is 11.6 Å². The van der Waals surface area contributed by atoms with Crippen LogP contribution in [0.3, 0.4) is 0 Å². The minimum Gasteiger partial charge on any atom is -0.355 e. The third-order valence-corrected chi connectivity index (χ3v) is 2.45. The van der Waals surface area contributed by atoms with Crippen molar-refractivity contribution in [1.82, 2.24) is 0 Å². The van der Waals surface area contributed by atoms with E-state index in [1.54, 1.807) is 11.0 Å². The first-order valence-corrected chi connectivity index (χ1v) is 4.41. The van der Waals surface area contributed by atoms with Crippen LogP contribution in [0.5, 0.6) is 0 Å². The van der Waals surface area contributed by atoms with E-state index in [2.05, 4.69) is 5.92 Å². The third-order valence-electron chi connectivity index (χ3n) is 2.45. The van der Waals surface area contributed by atoms with Gasteiger partial charge in [-0.3, -0.25) is 0 Å². The summed E-state index contributed by atoms with van der Waals surface area (Å²) in [5.74, 6) is 0.892. The van der Waals surface area contributed by atoms with Gasteiger partial charge in [-0.15, -0.1) is 6.42 Å². The average molecular weight is 193 g/mol. The summed E-state index contributed by atoms with van der Waals surface area (Å²) in [6.07, 6.45) is 6.08. The minimum absolute atomic E-state index is 0.0914. The van der Waals surface area contributed by atoms with E-state index in [9.17, 15) is 8.78 Å². The van der Waals surface area contributed by atoms with Crippen molar-refractivity contribution in [3.63, 3.8) is 0 Å². The van der Waals surface area contributed by atoms with Crippen molar-refractivity contribution in [3.8, 4) is 12.3 Å². The highest BCUT2D eigenvalue weighted by molar-refractivity contribution is 5.53. The van der Waals surface area contributed by atoms with Crippen LogP contribution in [0.1, 0.15) is 6.42 Å². The summed E-state index contributed by atoms with van der Waals surface area (Å²) in [4.78, 5) is 1.69. The fraction of sp³-hybridized carbons (Fsp3) is 0.273. The van der Waals surface area contributed by atoms with Crippen LogP contribution in [0.2, 0.25) is 0 Å². The first kappa shape index (κ1) is 9.01. The summed E-state index contributed by atoms with van der Waals surface area (Å²) in [5, 5.41) is 0. The molecule has 0 N–H and O–H groups in total. The molecule has 1 aromatic carbocycles. The van der Waals surface area contributed by atoms with Gasteiger partial charge in [-0.1, -0.05) is 12.0 Å². The lowest BCUT2D eigenvalue weighted by Crippen LogP contribution is -2.47. The van der Waals surface area contributed by atoms with Gasteiger partial charge in [0.15, 0.2) is 11.6 Å². The number of halogens is 2. The topological polar surface area (TPSA) is 3.24 Å². The molecule has 1 heterocycles. The average Bonchev–Trinajstić information content (AvgIpc) is 2.12. The van der Waals surface area contributed by atoms with Gasteiger partial charge < -0.3 is 4.90 Å². The van der Waals surface area contributed by atoms with Crippen LogP contribution in [-0.2, 0) is 0 Å². The van der Waals surface area contributed by atoms with Gasteiger partial charge in [0.1, 0.15) is 0 Å². The summed E-state index contributed by atoms with van der Waals surface area (Å²) in [6, 6.07) is 4.04. The van der Waals surface area contributed by atoms with E-state index in [0.29, 0.717) is 6.54 Å². The van der Waals surface area contributed by atoms with Crippen LogP contribution in [0.4, 0.5) is 14.5 Å². The Hall–Kier alpha value is -1.56. The Bertz CT molecular complexity index is 395. The van der Waals surface area contributed by atoms with Crippen LogP contribution in [-0.4, -0.2) is 12.6 Å². The predicted octanol–water partition coefficient (Wildman–Crippen LogP) is 2.18. The van der Waals surface area contributed by atoms with Crippen molar-refractivity contribution in [1.29, 1.82) is 0 Å². The molecule has 1 aromatic rings. The lowest BCUT2D eigenvalue weighted by molar-refractivity contribution is 0.480. The lowest BCUT2D eigenvalue weighted by atomic mass is 10.0. The first-order valence-electron chi connectivity index (χ1n) is 4.41. The monoisotopic (exact) mass is 193 g/mol.